The maximum atomic E-state index is 10.8. The fourth-order valence-electron chi connectivity index (χ4n) is 3.00. The summed E-state index contributed by atoms with van der Waals surface area (Å²) in [5.41, 5.74) is 1.20. The number of rotatable bonds is 4. The summed E-state index contributed by atoms with van der Waals surface area (Å²) >= 11 is 0. The van der Waals surface area contributed by atoms with E-state index in [0.29, 0.717) is 11.6 Å². The highest BCUT2D eigenvalue weighted by atomic mass is 16.6. The first kappa shape index (κ1) is 14.3. The molecule has 5 heteroatoms. The van der Waals surface area contributed by atoms with E-state index >= 15 is 0 Å². The molecule has 0 heterocycles. The fraction of sp³-hybridized carbons (Fsp3) is 0.533. The number of non-ortho nitro benzene ring substituents is 1. The largest absolute Gasteiger partial charge is 0.368 e. The number of hydrogen-bond acceptors (Lipinski definition) is 4. The molecular formula is C15H19N3O2. The number of anilines is 1. The number of hydrogen-bond donors (Lipinski definition) is 0. The summed E-state index contributed by atoms with van der Waals surface area (Å²) in [5, 5.41) is 20.1. The van der Waals surface area contributed by atoms with Gasteiger partial charge in [0.2, 0.25) is 0 Å². The van der Waals surface area contributed by atoms with Crippen LogP contribution in [0.25, 0.3) is 0 Å². The lowest BCUT2D eigenvalue weighted by Crippen LogP contribution is -2.37. The first-order chi connectivity index (χ1) is 9.67. The lowest BCUT2D eigenvalue weighted by molar-refractivity contribution is -0.384. The minimum atomic E-state index is -0.457. The number of benzene rings is 1. The zero-order chi connectivity index (χ0) is 14.5. The van der Waals surface area contributed by atoms with Crippen LogP contribution >= 0.6 is 0 Å². The van der Waals surface area contributed by atoms with Crippen LogP contribution in [0.5, 0.6) is 0 Å². The lowest BCUT2D eigenvalue weighted by Gasteiger charge is -2.35. The van der Waals surface area contributed by atoms with Crippen LogP contribution in [0.4, 0.5) is 11.4 Å². The lowest BCUT2D eigenvalue weighted by atomic mass is 9.93. The normalized spacial score (nSPS) is 15.6. The van der Waals surface area contributed by atoms with Crippen molar-refractivity contribution in [3.05, 3.63) is 33.9 Å². The molecular weight excluding hydrogens is 254 g/mol. The quantitative estimate of drug-likeness (QED) is 0.620. The summed E-state index contributed by atoms with van der Waals surface area (Å²) in [6.45, 7) is 2.88. The summed E-state index contributed by atoms with van der Waals surface area (Å²) in [6.07, 6.45) is 5.98. The molecule has 0 aliphatic heterocycles. The van der Waals surface area contributed by atoms with Gasteiger partial charge in [-0.05, 0) is 25.8 Å². The highest BCUT2D eigenvalue weighted by Crippen LogP contribution is 2.31. The smallest absolute Gasteiger partial charge is 0.270 e. The number of nitro benzene ring substituents is 1. The van der Waals surface area contributed by atoms with Gasteiger partial charge in [-0.15, -0.1) is 0 Å². The van der Waals surface area contributed by atoms with E-state index in [1.807, 2.05) is 0 Å². The molecule has 0 aromatic heterocycles. The van der Waals surface area contributed by atoms with E-state index in [1.165, 1.54) is 31.4 Å². The summed E-state index contributed by atoms with van der Waals surface area (Å²) in [6, 6.07) is 7.13. The Kier molecular flexibility index (Phi) is 4.57. The van der Waals surface area contributed by atoms with Crippen molar-refractivity contribution in [2.75, 3.05) is 11.4 Å². The van der Waals surface area contributed by atoms with Crippen LogP contribution in [-0.4, -0.2) is 17.5 Å². The standard InChI is InChI=1S/C15H19N3O2/c1-2-17(13-6-4-3-5-7-13)15-9-8-14(18(19)20)10-12(15)11-16/h8-10,13H,2-7H2,1H3. The van der Waals surface area contributed by atoms with Crippen molar-refractivity contribution in [1.82, 2.24) is 0 Å². The molecule has 0 saturated heterocycles. The van der Waals surface area contributed by atoms with Gasteiger partial charge in [0.05, 0.1) is 16.2 Å². The van der Waals surface area contributed by atoms with Crippen LogP contribution in [0.2, 0.25) is 0 Å². The molecule has 5 nitrogen and oxygen atoms in total. The Hall–Kier alpha value is -2.09. The first-order valence-electron chi connectivity index (χ1n) is 7.12. The minimum Gasteiger partial charge on any atom is -0.368 e. The van der Waals surface area contributed by atoms with E-state index in [4.69, 9.17) is 0 Å². The van der Waals surface area contributed by atoms with Gasteiger partial charge in [-0.25, -0.2) is 0 Å². The second-order valence-corrected chi connectivity index (χ2v) is 5.15. The minimum absolute atomic E-state index is 0.0232. The van der Waals surface area contributed by atoms with Crippen LogP contribution in [0.3, 0.4) is 0 Å². The first-order valence-corrected chi connectivity index (χ1v) is 7.12. The van der Waals surface area contributed by atoms with Gasteiger partial charge in [0.25, 0.3) is 5.69 Å². The average Bonchev–Trinajstić information content (AvgIpc) is 2.49. The predicted molar refractivity (Wildman–Crippen MR) is 77.7 cm³/mol. The second-order valence-electron chi connectivity index (χ2n) is 5.15. The Balaban J connectivity index is 2.33. The predicted octanol–water partition coefficient (Wildman–Crippen LogP) is 3.63. The zero-order valence-electron chi connectivity index (χ0n) is 11.7. The van der Waals surface area contributed by atoms with E-state index < -0.39 is 4.92 Å². The number of nitriles is 1. The Morgan fingerprint density at radius 1 is 1.40 bits per heavy atom. The highest BCUT2D eigenvalue weighted by Gasteiger charge is 2.23. The molecule has 0 unspecified atom stereocenters. The molecule has 0 bridgehead atoms. The van der Waals surface area contributed by atoms with Crippen LogP contribution < -0.4 is 4.90 Å². The van der Waals surface area contributed by atoms with Gasteiger partial charge in [-0.2, -0.15) is 5.26 Å². The molecule has 1 aromatic rings. The number of nitro groups is 1. The third-order valence-corrected chi connectivity index (χ3v) is 3.98. The van der Waals surface area contributed by atoms with E-state index in [0.717, 1.165) is 25.1 Å². The van der Waals surface area contributed by atoms with Crippen LogP contribution in [0.15, 0.2) is 18.2 Å². The fourth-order valence-corrected chi connectivity index (χ4v) is 3.00. The molecule has 1 fully saturated rings. The molecule has 106 valence electrons. The molecule has 1 aliphatic rings. The molecule has 20 heavy (non-hydrogen) atoms. The van der Waals surface area contributed by atoms with Crippen molar-refractivity contribution in [1.29, 1.82) is 5.26 Å². The average molecular weight is 273 g/mol. The van der Waals surface area contributed by atoms with Crippen molar-refractivity contribution in [3.63, 3.8) is 0 Å². The van der Waals surface area contributed by atoms with Gasteiger partial charge < -0.3 is 4.90 Å². The van der Waals surface area contributed by atoms with Crippen LogP contribution in [0, 0.1) is 21.4 Å². The Labute approximate surface area is 119 Å². The van der Waals surface area contributed by atoms with Gasteiger partial charge in [0.1, 0.15) is 6.07 Å². The summed E-state index contributed by atoms with van der Waals surface area (Å²) < 4.78 is 0. The molecule has 0 amide bonds. The van der Waals surface area contributed by atoms with Gasteiger partial charge >= 0.3 is 0 Å². The van der Waals surface area contributed by atoms with Crippen LogP contribution in [0.1, 0.15) is 44.6 Å². The number of nitrogens with zero attached hydrogens (tertiary/aromatic N) is 3. The van der Waals surface area contributed by atoms with Gasteiger partial charge in [0, 0.05) is 24.7 Å². The topological polar surface area (TPSA) is 70.2 Å². The van der Waals surface area contributed by atoms with Crippen molar-refractivity contribution in [3.8, 4) is 6.07 Å². The Morgan fingerprint density at radius 3 is 2.65 bits per heavy atom. The van der Waals surface area contributed by atoms with Crippen molar-refractivity contribution in [2.45, 2.75) is 45.1 Å². The van der Waals surface area contributed by atoms with Crippen molar-refractivity contribution in [2.24, 2.45) is 0 Å². The van der Waals surface area contributed by atoms with Crippen molar-refractivity contribution >= 4 is 11.4 Å². The molecule has 1 aromatic carbocycles. The third-order valence-electron chi connectivity index (χ3n) is 3.98. The second kappa shape index (κ2) is 6.38. The van der Waals surface area contributed by atoms with Gasteiger partial charge in [0.15, 0.2) is 0 Å². The van der Waals surface area contributed by atoms with Gasteiger partial charge in [-0.3, -0.25) is 10.1 Å². The molecule has 1 aliphatic carbocycles. The summed E-state index contributed by atoms with van der Waals surface area (Å²) in [7, 11) is 0. The van der Waals surface area contributed by atoms with E-state index in [-0.39, 0.29) is 5.69 Å². The molecule has 0 atom stereocenters. The van der Waals surface area contributed by atoms with E-state index in [9.17, 15) is 15.4 Å². The maximum absolute atomic E-state index is 10.8. The van der Waals surface area contributed by atoms with E-state index in [1.54, 1.807) is 6.07 Å². The summed E-state index contributed by atoms with van der Waals surface area (Å²) in [5.74, 6) is 0. The highest BCUT2D eigenvalue weighted by molar-refractivity contribution is 5.63. The SMILES string of the molecule is CCN(c1ccc([N+](=O)[O-])cc1C#N)C1CCCCC1. The molecule has 1 saturated carbocycles. The molecule has 0 N–H and O–H groups in total. The van der Waals surface area contributed by atoms with E-state index in [2.05, 4.69) is 17.9 Å². The Bertz CT molecular complexity index is 530. The monoisotopic (exact) mass is 273 g/mol. The Morgan fingerprint density at radius 2 is 2.10 bits per heavy atom. The van der Waals surface area contributed by atoms with Gasteiger partial charge in [-0.1, -0.05) is 19.3 Å². The van der Waals surface area contributed by atoms with Crippen molar-refractivity contribution < 1.29 is 4.92 Å². The molecule has 2 rings (SSSR count). The summed E-state index contributed by atoms with van der Waals surface area (Å²) in [4.78, 5) is 12.6. The zero-order valence-corrected chi connectivity index (χ0v) is 11.7. The molecule has 0 spiro atoms. The third kappa shape index (κ3) is 2.90. The maximum Gasteiger partial charge on any atom is 0.270 e. The van der Waals surface area contributed by atoms with Crippen LogP contribution in [-0.2, 0) is 0 Å². The molecule has 0 radical (unpaired) electrons.